The molecule has 1 aliphatic rings. The summed E-state index contributed by atoms with van der Waals surface area (Å²) in [5, 5.41) is 18.2. The van der Waals surface area contributed by atoms with Gasteiger partial charge in [-0.15, -0.1) is 11.8 Å². The van der Waals surface area contributed by atoms with Gasteiger partial charge < -0.3 is 20.4 Å². The van der Waals surface area contributed by atoms with E-state index < -0.39 is 11.9 Å². The smallest absolute Gasteiger partial charge is 0.414 e. The molecular weight excluding hydrogens is 304 g/mol. The van der Waals surface area contributed by atoms with Gasteiger partial charge in [0.25, 0.3) is 0 Å². The molecule has 1 heterocycles. The monoisotopic (exact) mass is 326 g/mol. The number of benzene rings is 1. The molecule has 1 fully saturated rings. The fraction of sp³-hybridized carbons (Fsp3) is 0.467. The van der Waals surface area contributed by atoms with Crippen molar-refractivity contribution in [1.29, 1.82) is 0 Å². The number of nitrogens with one attached hydrogen (secondary N) is 1. The van der Waals surface area contributed by atoms with Gasteiger partial charge in [0.1, 0.15) is 0 Å². The van der Waals surface area contributed by atoms with Gasteiger partial charge in [-0.25, -0.2) is 9.59 Å². The van der Waals surface area contributed by atoms with E-state index >= 15 is 0 Å². The lowest BCUT2D eigenvalue weighted by atomic mass is 10.3. The highest BCUT2D eigenvalue weighted by Crippen LogP contribution is 2.17. The highest BCUT2D eigenvalue weighted by molar-refractivity contribution is 7.99. The standard InChI is InChI=1S/C13H20N2S.C2H2O4/c1-2-5-13(6-3-1)16-12-4-9-15-10-7-14-8-11-15;3-1(4)2(5)6/h1-3,5-6,14H,4,7-12H2;(H,3,4)(H,5,6). The van der Waals surface area contributed by atoms with Crippen LogP contribution in [-0.4, -0.2) is 65.5 Å². The van der Waals surface area contributed by atoms with Crippen LogP contribution in [0, 0.1) is 0 Å². The van der Waals surface area contributed by atoms with Gasteiger partial charge in [0.05, 0.1) is 0 Å². The van der Waals surface area contributed by atoms with Crippen molar-refractivity contribution in [3.05, 3.63) is 30.3 Å². The van der Waals surface area contributed by atoms with Crippen LogP contribution in [0.4, 0.5) is 0 Å². The molecule has 0 aliphatic carbocycles. The number of hydrogen-bond acceptors (Lipinski definition) is 5. The van der Waals surface area contributed by atoms with Crippen molar-refractivity contribution in [2.45, 2.75) is 11.3 Å². The molecule has 0 saturated carbocycles. The molecule has 1 saturated heterocycles. The molecule has 0 unspecified atom stereocenters. The molecule has 1 aromatic carbocycles. The number of rotatable bonds is 5. The van der Waals surface area contributed by atoms with E-state index in [1.165, 1.54) is 36.7 Å². The van der Waals surface area contributed by atoms with Crippen molar-refractivity contribution in [1.82, 2.24) is 10.2 Å². The van der Waals surface area contributed by atoms with Gasteiger partial charge in [-0.1, -0.05) is 18.2 Å². The summed E-state index contributed by atoms with van der Waals surface area (Å²) in [6.07, 6.45) is 1.29. The van der Waals surface area contributed by atoms with Crippen LogP contribution in [0.2, 0.25) is 0 Å². The summed E-state index contributed by atoms with van der Waals surface area (Å²) in [5.74, 6) is -2.42. The summed E-state index contributed by atoms with van der Waals surface area (Å²) in [5.41, 5.74) is 0. The third-order valence-corrected chi connectivity index (χ3v) is 4.12. The lowest BCUT2D eigenvalue weighted by Crippen LogP contribution is -2.43. The molecule has 2 rings (SSSR count). The molecule has 6 nitrogen and oxygen atoms in total. The van der Waals surface area contributed by atoms with Gasteiger partial charge >= 0.3 is 11.9 Å². The summed E-state index contributed by atoms with van der Waals surface area (Å²) in [6.45, 7) is 6.01. The first-order valence-corrected chi connectivity index (χ1v) is 8.15. The molecule has 1 aromatic rings. The Labute approximate surface area is 134 Å². The minimum Gasteiger partial charge on any atom is -0.473 e. The molecule has 0 amide bonds. The molecule has 122 valence electrons. The van der Waals surface area contributed by atoms with E-state index in [-0.39, 0.29) is 0 Å². The largest absolute Gasteiger partial charge is 0.473 e. The molecule has 1 aliphatic heterocycles. The number of carboxylic acid groups (broad SMARTS) is 2. The zero-order valence-corrected chi connectivity index (χ0v) is 13.2. The van der Waals surface area contributed by atoms with Gasteiger partial charge in [-0.2, -0.15) is 0 Å². The van der Waals surface area contributed by atoms with Crippen LogP contribution in [0.15, 0.2) is 35.2 Å². The van der Waals surface area contributed by atoms with Gasteiger partial charge in [0.2, 0.25) is 0 Å². The Balaban J connectivity index is 0.000000346. The Bertz CT molecular complexity index is 438. The third kappa shape index (κ3) is 8.66. The Morgan fingerprint density at radius 3 is 2.23 bits per heavy atom. The Hall–Kier alpha value is -1.57. The summed E-state index contributed by atoms with van der Waals surface area (Å²) >= 11 is 1.97. The van der Waals surface area contributed by atoms with Crippen molar-refractivity contribution in [3.8, 4) is 0 Å². The normalized spacial score (nSPS) is 14.7. The van der Waals surface area contributed by atoms with Gasteiger partial charge in [0.15, 0.2) is 0 Å². The van der Waals surface area contributed by atoms with Crippen LogP contribution in [0.3, 0.4) is 0 Å². The number of carbonyl (C=O) groups is 2. The van der Waals surface area contributed by atoms with Crippen molar-refractivity contribution in [2.24, 2.45) is 0 Å². The number of piperazine rings is 1. The third-order valence-electron chi connectivity index (χ3n) is 3.02. The fourth-order valence-corrected chi connectivity index (χ4v) is 2.79. The van der Waals surface area contributed by atoms with E-state index in [1.54, 1.807) is 0 Å². The van der Waals surface area contributed by atoms with Crippen LogP contribution in [-0.2, 0) is 9.59 Å². The molecule has 0 radical (unpaired) electrons. The average Bonchev–Trinajstić information content (AvgIpc) is 2.54. The van der Waals surface area contributed by atoms with E-state index in [4.69, 9.17) is 19.8 Å². The molecule has 0 atom stereocenters. The second-order valence-corrected chi connectivity index (χ2v) is 5.89. The topological polar surface area (TPSA) is 89.9 Å². The molecule has 22 heavy (non-hydrogen) atoms. The number of thioether (sulfide) groups is 1. The Kier molecular flexibility index (Phi) is 9.29. The first kappa shape index (κ1) is 18.5. The number of nitrogens with zero attached hydrogens (tertiary/aromatic N) is 1. The van der Waals surface area contributed by atoms with Gasteiger partial charge in [-0.3, -0.25) is 0 Å². The van der Waals surface area contributed by atoms with Crippen molar-refractivity contribution < 1.29 is 19.8 Å². The van der Waals surface area contributed by atoms with Crippen LogP contribution in [0.5, 0.6) is 0 Å². The second kappa shape index (κ2) is 11.1. The zero-order chi connectivity index (χ0) is 16.2. The fourth-order valence-electron chi connectivity index (χ4n) is 1.93. The average molecular weight is 326 g/mol. The van der Waals surface area contributed by atoms with Crippen LogP contribution < -0.4 is 5.32 Å². The van der Waals surface area contributed by atoms with Crippen LogP contribution in [0.1, 0.15) is 6.42 Å². The first-order valence-electron chi connectivity index (χ1n) is 7.16. The highest BCUT2D eigenvalue weighted by atomic mass is 32.2. The second-order valence-electron chi connectivity index (χ2n) is 4.72. The van der Waals surface area contributed by atoms with Crippen molar-refractivity contribution >= 4 is 23.7 Å². The molecule has 0 aromatic heterocycles. The van der Waals surface area contributed by atoms with Gasteiger partial charge in [0, 0.05) is 31.1 Å². The maximum absolute atomic E-state index is 9.10. The predicted molar refractivity (Wildman–Crippen MR) is 86.4 cm³/mol. The summed E-state index contributed by atoms with van der Waals surface area (Å²) in [7, 11) is 0. The Morgan fingerprint density at radius 2 is 1.68 bits per heavy atom. The number of carboxylic acids is 2. The molecule has 0 bridgehead atoms. The van der Waals surface area contributed by atoms with Crippen LogP contribution in [0.25, 0.3) is 0 Å². The summed E-state index contributed by atoms with van der Waals surface area (Å²) < 4.78 is 0. The molecule has 7 heteroatoms. The summed E-state index contributed by atoms with van der Waals surface area (Å²) in [4.78, 5) is 22.1. The maximum Gasteiger partial charge on any atom is 0.414 e. The van der Waals surface area contributed by atoms with E-state index in [1.807, 2.05) is 11.8 Å². The van der Waals surface area contributed by atoms with Crippen LogP contribution >= 0.6 is 11.8 Å². The predicted octanol–water partition coefficient (Wildman–Crippen LogP) is 1.23. The quantitative estimate of drug-likeness (QED) is 0.426. The zero-order valence-electron chi connectivity index (χ0n) is 12.4. The highest BCUT2D eigenvalue weighted by Gasteiger charge is 2.08. The molecule has 3 N–H and O–H groups in total. The van der Waals surface area contributed by atoms with E-state index in [0.29, 0.717) is 0 Å². The van der Waals surface area contributed by atoms with E-state index in [2.05, 4.69) is 40.5 Å². The lowest BCUT2D eigenvalue weighted by Gasteiger charge is -2.26. The molecule has 0 spiro atoms. The minimum absolute atomic E-state index is 1.16. The number of hydrogen-bond donors (Lipinski definition) is 3. The molecular formula is C15H22N2O4S. The van der Waals surface area contributed by atoms with Crippen molar-refractivity contribution in [3.63, 3.8) is 0 Å². The SMILES string of the molecule is O=C(O)C(=O)O.c1ccc(SCCCN2CCNCC2)cc1. The van der Waals surface area contributed by atoms with Crippen molar-refractivity contribution in [2.75, 3.05) is 38.5 Å². The summed E-state index contributed by atoms with van der Waals surface area (Å²) in [6, 6.07) is 10.7. The van der Waals surface area contributed by atoms with Gasteiger partial charge in [-0.05, 0) is 30.9 Å². The van der Waals surface area contributed by atoms with E-state index in [0.717, 1.165) is 13.1 Å². The first-order chi connectivity index (χ1) is 10.6. The number of aliphatic carboxylic acids is 2. The maximum atomic E-state index is 9.10. The Morgan fingerprint density at radius 1 is 1.09 bits per heavy atom. The minimum atomic E-state index is -1.82. The van der Waals surface area contributed by atoms with E-state index in [9.17, 15) is 0 Å². The lowest BCUT2D eigenvalue weighted by molar-refractivity contribution is -0.159.